The molecule has 2 heteroatoms. The fourth-order valence-corrected chi connectivity index (χ4v) is 4.16. The van der Waals surface area contributed by atoms with Crippen LogP contribution in [0, 0.1) is 11.8 Å². The molecule has 2 rings (SSSR count). The highest BCUT2D eigenvalue weighted by Gasteiger charge is 2.32. The topological polar surface area (TPSA) is 29.3 Å². The first kappa shape index (κ1) is 14.3. The quantitative estimate of drug-likeness (QED) is 0.831. The van der Waals surface area contributed by atoms with Crippen molar-refractivity contribution >= 4 is 0 Å². The Hall–Kier alpha value is -0.0800. The van der Waals surface area contributed by atoms with Crippen LogP contribution in [0.5, 0.6) is 0 Å². The molecule has 1 aliphatic heterocycles. The van der Waals surface area contributed by atoms with Gasteiger partial charge in [-0.25, -0.2) is 0 Å². The Bertz CT molecular complexity index is 233. The molecular formula is C16H32N2. The van der Waals surface area contributed by atoms with Crippen molar-refractivity contribution in [1.82, 2.24) is 4.90 Å². The van der Waals surface area contributed by atoms with Gasteiger partial charge in [-0.2, -0.15) is 0 Å². The van der Waals surface area contributed by atoms with Gasteiger partial charge in [0.05, 0.1) is 0 Å². The Morgan fingerprint density at radius 2 is 1.83 bits per heavy atom. The van der Waals surface area contributed by atoms with E-state index < -0.39 is 0 Å². The number of likely N-dealkylation sites (tertiary alicyclic amines) is 1. The Labute approximate surface area is 113 Å². The standard InChI is InChI=1S/C16H32N2/c1-3-4-14-5-7-15(8-6-14)18-10-9-13(2)11-16(18)12-17/h13-16H,3-12,17H2,1-2H3. The summed E-state index contributed by atoms with van der Waals surface area (Å²) in [6, 6.07) is 1.51. The van der Waals surface area contributed by atoms with Gasteiger partial charge in [-0.1, -0.05) is 26.7 Å². The average molecular weight is 252 g/mol. The second kappa shape index (κ2) is 6.91. The number of nitrogens with two attached hydrogens (primary N) is 1. The lowest BCUT2D eigenvalue weighted by Crippen LogP contribution is -2.52. The van der Waals surface area contributed by atoms with Crippen LogP contribution >= 0.6 is 0 Å². The summed E-state index contributed by atoms with van der Waals surface area (Å²) in [6.45, 7) is 6.87. The SMILES string of the molecule is CCCC1CCC(N2CCC(C)CC2CN)CC1. The predicted octanol–water partition coefficient (Wildman–Crippen LogP) is 3.40. The van der Waals surface area contributed by atoms with E-state index in [1.165, 1.54) is 57.9 Å². The largest absolute Gasteiger partial charge is 0.329 e. The van der Waals surface area contributed by atoms with Crippen LogP contribution in [0.3, 0.4) is 0 Å². The molecule has 0 radical (unpaired) electrons. The van der Waals surface area contributed by atoms with Gasteiger partial charge in [0.15, 0.2) is 0 Å². The van der Waals surface area contributed by atoms with Crippen molar-refractivity contribution in [3.8, 4) is 0 Å². The van der Waals surface area contributed by atoms with Crippen LogP contribution in [0.4, 0.5) is 0 Å². The van der Waals surface area contributed by atoms with Crippen LogP contribution in [0.1, 0.15) is 65.2 Å². The first-order valence-electron chi connectivity index (χ1n) is 8.20. The van der Waals surface area contributed by atoms with E-state index in [-0.39, 0.29) is 0 Å². The van der Waals surface area contributed by atoms with Crippen molar-refractivity contribution in [3.05, 3.63) is 0 Å². The summed E-state index contributed by atoms with van der Waals surface area (Å²) in [4.78, 5) is 2.77. The fraction of sp³-hybridized carbons (Fsp3) is 1.00. The monoisotopic (exact) mass is 252 g/mol. The maximum Gasteiger partial charge on any atom is 0.0223 e. The van der Waals surface area contributed by atoms with Crippen LogP contribution in [0.25, 0.3) is 0 Å². The molecule has 0 aromatic rings. The lowest BCUT2D eigenvalue weighted by atomic mass is 9.81. The highest BCUT2D eigenvalue weighted by molar-refractivity contribution is 4.88. The minimum Gasteiger partial charge on any atom is -0.329 e. The summed E-state index contributed by atoms with van der Waals surface area (Å²) in [7, 11) is 0. The van der Waals surface area contributed by atoms with E-state index in [1.54, 1.807) is 0 Å². The molecule has 0 amide bonds. The van der Waals surface area contributed by atoms with E-state index in [9.17, 15) is 0 Å². The first-order chi connectivity index (χ1) is 8.74. The van der Waals surface area contributed by atoms with Crippen LogP contribution in [0.2, 0.25) is 0 Å². The Kier molecular flexibility index (Phi) is 5.50. The molecule has 2 aliphatic rings. The lowest BCUT2D eigenvalue weighted by molar-refractivity contribution is 0.0484. The molecule has 1 heterocycles. The maximum absolute atomic E-state index is 6.00. The summed E-state index contributed by atoms with van der Waals surface area (Å²) in [5, 5.41) is 0. The molecule has 0 bridgehead atoms. The Balaban J connectivity index is 1.84. The lowest BCUT2D eigenvalue weighted by Gasteiger charge is -2.45. The molecule has 0 aromatic heterocycles. The molecule has 2 N–H and O–H groups in total. The third-order valence-electron chi connectivity index (χ3n) is 5.28. The van der Waals surface area contributed by atoms with E-state index in [2.05, 4.69) is 18.7 Å². The van der Waals surface area contributed by atoms with E-state index >= 15 is 0 Å². The molecule has 1 aliphatic carbocycles. The van der Waals surface area contributed by atoms with Gasteiger partial charge in [-0.3, -0.25) is 4.90 Å². The third kappa shape index (κ3) is 3.48. The third-order valence-corrected chi connectivity index (χ3v) is 5.28. The molecule has 2 unspecified atom stereocenters. The number of nitrogens with zero attached hydrogens (tertiary/aromatic N) is 1. The van der Waals surface area contributed by atoms with E-state index in [0.29, 0.717) is 6.04 Å². The molecule has 106 valence electrons. The molecule has 0 aromatic carbocycles. The number of hydrogen-bond donors (Lipinski definition) is 1. The van der Waals surface area contributed by atoms with Gasteiger partial charge in [0.1, 0.15) is 0 Å². The summed E-state index contributed by atoms with van der Waals surface area (Å²) in [5.74, 6) is 1.90. The zero-order valence-corrected chi connectivity index (χ0v) is 12.4. The molecule has 0 spiro atoms. The van der Waals surface area contributed by atoms with Gasteiger partial charge in [0.25, 0.3) is 0 Å². The minimum atomic E-state index is 0.668. The number of hydrogen-bond acceptors (Lipinski definition) is 2. The summed E-state index contributed by atoms with van der Waals surface area (Å²) < 4.78 is 0. The van der Waals surface area contributed by atoms with E-state index in [1.807, 2.05) is 0 Å². The van der Waals surface area contributed by atoms with E-state index in [4.69, 9.17) is 5.73 Å². The number of piperidine rings is 1. The van der Waals surface area contributed by atoms with Crippen molar-refractivity contribution in [2.24, 2.45) is 17.6 Å². The van der Waals surface area contributed by atoms with Crippen molar-refractivity contribution in [2.75, 3.05) is 13.1 Å². The highest BCUT2D eigenvalue weighted by atomic mass is 15.2. The summed E-state index contributed by atoms with van der Waals surface area (Å²) in [5.41, 5.74) is 6.00. The average Bonchev–Trinajstić information content (AvgIpc) is 2.40. The zero-order chi connectivity index (χ0) is 13.0. The number of rotatable bonds is 4. The smallest absolute Gasteiger partial charge is 0.0223 e. The summed E-state index contributed by atoms with van der Waals surface area (Å²) in [6.07, 6.45) is 11.3. The highest BCUT2D eigenvalue weighted by Crippen LogP contribution is 2.34. The van der Waals surface area contributed by atoms with Crippen LogP contribution in [-0.4, -0.2) is 30.1 Å². The molecule has 2 atom stereocenters. The normalized spacial score (nSPS) is 38.8. The van der Waals surface area contributed by atoms with Crippen LogP contribution in [-0.2, 0) is 0 Å². The van der Waals surface area contributed by atoms with Crippen molar-refractivity contribution in [1.29, 1.82) is 0 Å². The van der Waals surface area contributed by atoms with Gasteiger partial charge >= 0.3 is 0 Å². The zero-order valence-electron chi connectivity index (χ0n) is 12.4. The molecule has 18 heavy (non-hydrogen) atoms. The molecule has 1 saturated carbocycles. The van der Waals surface area contributed by atoms with Gasteiger partial charge in [-0.15, -0.1) is 0 Å². The van der Waals surface area contributed by atoms with Crippen molar-refractivity contribution in [3.63, 3.8) is 0 Å². The second-order valence-corrected chi connectivity index (χ2v) is 6.72. The van der Waals surface area contributed by atoms with Gasteiger partial charge < -0.3 is 5.73 Å². The van der Waals surface area contributed by atoms with Gasteiger partial charge in [0.2, 0.25) is 0 Å². The maximum atomic E-state index is 6.00. The summed E-state index contributed by atoms with van der Waals surface area (Å²) >= 11 is 0. The Morgan fingerprint density at radius 3 is 2.44 bits per heavy atom. The van der Waals surface area contributed by atoms with E-state index in [0.717, 1.165) is 24.4 Å². The predicted molar refractivity (Wildman–Crippen MR) is 78.6 cm³/mol. The van der Waals surface area contributed by atoms with Crippen molar-refractivity contribution < 1.29 is 0 Å². The molecule has 1 saturated heterocycles. The van der Waals surface area contributed by atoms with Crippen molar-refractivity contribution in [2.45, 2.75) is 77.3 Å². The first-order valence-corrected chi connectivity index (χ1v) is 8.20. The van der Waals surface area contributed by atoms with Gasteiger partial charge in [-0.05, 0) is 56.9 Å². The molecular weight excluding hydrogens is 220 g/mol. The Morgan fingerprint density at radius 1 is 1.11 bits per heavy atom. The minimum absolute atomic E-state index is 0.668. The molecule has 2 fully saturated rings. The van der Waals surface area contributed by atoms with Gasteiger partial charge in [0, 0.05) is 18.6 Å². The van der Waals surface area contributed by atoms with Crippen LogP contribution in [0.15, 0.2) is 0 Å². The van der Waals surface area contributed by atoms with Crippen LogP contribution < -0.4 is 5.73 Å². The second-order valence-electron chi connectivity index (χ2n) is 6.72. The fourth-order valence-electron chi connectivity index (χ4n) is 4.16. The molecule has 2 nitrogen and oxygen atoms in total.